The van der Waals surface area contributed by atoms with E-state index in [0.717, 1.165) is 12.8 Å². The second-order valence-corrected chi connectivity index (χ2v) is 8.69. The Morgan fingerprint density at radius 1 is 1.46 bits per heavy atom. The molecule has 1 aromatic heterocycles. The minimum absolute atomic E-state index is 0.0598. The van der Waals surface area contributed by atoms with Crippen LogP contribution in [0.1, 0.15) is 46.3 Å². The summed E-state index contributed by atoms with van der Waals surface area (Å²) >= 11 is 1.35. The monoisotopic (exact) mass is 381 g/mol. The fraction of sp³-hybridized carbons (Fsp3) is 0.722. The van der Waals surface area contributed by atoms with Crippen LogP contribution in [0.2, 0.25) is 0 Å². The summed E-state index contributed by atoms with van der Waals surface area (Å²) in [6.07, 6.45) is 4.11. The Bertz CT molecular complexity index is 708. The topological polar surface area (TPSA) is 96.4 Å². The van der Waals surface area contributed by atoms with E-state index in [1.54, 1.807) is 6.20 Å². The Hall–Kier alpha value is -1.54. The molecule has 0 radical (unpaired) electrons. The predicted octanol–water partition coefficient (Wildman–Crippen LogP) is 2.42. The Labute approximate surface area is 157 Å². The van der Waals surface area contributed by atoms with Gasteiger partial charge in [-0.3, -0.25) is 4.57 Å². The van der Waals surface area contributed by atoms with E-state index in [9.17, 15) is 9.59 Å². The van der Waals surface area contributed by atoms with Gasteiger partial charge in [-0.2, -0.15) is 4.98 Å². The smallest absolute Gasteiger partial charge is 0.351 e. The van der Waals surface area contributed by atoms with Gasteiger partial charge in [0, 0.05) is 11.9 Å². The fourth-order valence-corrected chi connectivity index (χ4v) is 4.74. The minimum Gasteiger partial charge on any atom is -0.459 e. The minimum atomic E-state index is -0.713. The fourth-order valence-electron chi connectivity index (χ4n) is 3.76. The number of hydrogen-bond acceptors (Lipinski definition) is 7. The zero-order valence-electron chi connectivity index (χ0n) is 15.5. The number of thioether (sulfide) groups is 1. The molecule has 0 aromatic carbocycles. The molecular formula is C18H27N3O4S. The van der Waals surface area contributed by atoms with E-state index < -0.39 is 17.4 Å². The molecule has 144 valence electrons. The van der Waals surface area contributed by atoms with Crippen molar-refractivity contribution in [3.63, 3.8) is 0 Å². The molecule has 2 fully saturated rings. The molecule has 1 saturated heterocycles. The summed E-state index contributed by atoms with van der Waals surface area (Å²) in [5.74, 6) is 1.73. The molecule has 0 spiro atoms. The van der Waals surface area contributed by atoms with Gasteiger partial charge in [0.15, 0.2) is 0 Å². The summed E-state index contributed by atoms with van der Waals surface area (Å²) in [4.78, 5) is 28.3. The first kappa shape index (κ1) is 19.2. The molecule has 1 saturated carbocycles. The molecule has 0 amide bonds. The first-order valence-corrected chi connectivity index (χ1v) is 10.2. The SMILES string of the molecule is CC(C)[C@@H]1CC[C@H](C)C[C@H]1OC(=O)[C@@H]1O[C@@H](n2ccc(N)nc2=O)CS1. The van der Waals surface area contributed by atoms with E-state index in [1.807, 2.05) is 0 Å². The van der Waals surface area contributed by atoms with Crippen molar-refractivity contribution >= 4 is 23.5 Å². The highest BCUT2D eigenvalue weighted by atomic mass is 32.2. The van der Waals surface area contributed by atoms with E-state index in [0.29, 0.717) is 23.5 Å². The molecule has 5 atom stereocenters. The molecule has 1 aliphatic heterocycles. The van der Waals surface area contributed by atoms with Gasteiger partial charge in [-0.15, -0.1) is 11.8 Å². The van der Waals surface area contributed by atoms with Crippen LogP contribution in [-0.4, -0.2) is 32.8 Å². The summed E-state index contributed by atoms with van der Waals surface area (Å²) < 4.78 is 13.0. The number of rotatable bonds is 4. The first-order chi connectivity index (χ1) is 12.3. The van der Waals surface area contributed by atoms with Crippen LogP contribution in [-0.2, 0) is 14.3 Å². The number of hydrogen-bond donors (Lipinski definition) is 1. The highest BCUT2D eigenvalue weighted by molar-refractivity contribution is 8.00. The predicted molar refractivity (Wildman–Crippen MR) is 101 cm³/mol. The number of nitrogen functional groups attached to an aromatic ring is 1. The Morgan fingerprint density at radius 2 is 2.23 bits per heavy atom. The van der Waals surface area contributed by atoms with Crippen LogP contribution in [0.15, 0.2) is 17.1 Å². The molecule has 0 unspecified atom stereocenters. The van der Waals surface area contributed by atoms with Gasteiger partial charge in [0.2, 0.25) is 5.44 Å². The molecule has 26 heavy (non-hydrogen) atoms. The van der Waals surface area contributed by atoms with Crippen molar-refractivity contribution in [2.75, 3.05) is 11.5 Å². The van der Waals surface area contributed by atoms with E-state index in [1.165, 1.54) is 28.8 Å². The van der Waals surface area contributed by atoms with Crippen LogP contribution in [0.3, 0.4) is 0 Å². The number of carbonyl (C=O) groups excluding carboxylic acids is 1. The van der Waals surface area contributed by atoms with E-state index in [-0.39, 0.29) is 17.9 Å². The standard InChI is InChI=1S/C18H27N3O4S/c1-10(2)12-5-4-11(3)8-13(12)24-16(22)17-25-15(9-26-17)21-7-6-14(19)20-18(21)23/h6-7,10-13,15,17H,4-5,8-9H2,1-3H3,(H2,19,20,23)/t11-,12-,13+,15+,17+/m0/s1. The zero-order chi connectivity index (χ0) is 18.8. The van der Waals surface area contributed by atoms with Crippen LogP contribution in [0.25, 0.3) is 0 Å². The lowest BCUT2D eigenvalue weighted by molar-refractivity contribution is -0.166. The van der Waals surface area contributed by atoms with Gasteiger partial charge in [-0.1, -0.05) is 27.2 Å². The number of anilines is 1. The third-order valence-electron chi connectivity index (χ3n) is 5.25. The summed E-state index contributed by atoms with van der Waals surface area (Å²) in [5, 5.41) is 0. The average molecular weight is 381 g/mol. The molecule has 1 aliphatic carbocycles. The maximum atomic E-state index is 12.6. The van der Waals surface area contributed by atoms with Crippen LogP contribution < -0.4 is 11.4 Å². The third kappa shape index (κ3) is 4.23. The lowest BCUT2D eigenvalue weighted by atomic mass is 9.75. The van der Waals surface area contributed by atoms with Gasteiger partial charge in [0.1, 0.15) is 18.1 Å². The number of nitrogens with two attached hydrogens (primary N) is 1. The van der Waals surface area contributed by atoms with Gasteiger partial charge >= 0.3 is 11.7 Å². The molecule has 1 aromatic rings. The maximum Gasteiger partial charge on any atom is 0.351 e. The van der Waals surface area contributed by atoms with Crippen molar-refractivity contribution in [1.29, 1.82) is 0 Å². The molecule has 7 nitrogen and oxygen atoms in total. The highest BCUT2D eigenvalue weighted by Gasteiger charge is 2.38. The Morgan fingerprint density at radius 3 is 2.92 bits per heavy atom. The highest BCUT2D eigenvalue weighted by Crippen LogP contribution is 2.37. The van der Waals surface area contributed by atoms with E-state index in [4.69, 9.17) is 15.2 Å². The first-order valence-electron chi connectivity index (χ1n) is 9.17. The van der Waals surface area contributed by atoms with Gasteiger partial charge in [-0.05, 0) is 36.7 Å². The van der Waals surface area contributed by atoms with Gasteiger partial charge in [0.05, 0.1) is 0 Å². The average Bonchev–Trinajstić information content (AvgIpc) is 3.04. The largest absolute Gasteiger partial charge is 0.459 e. The second-order valence-electron chi connectivity index (χ2n) is 7.60. The second kappa shape index (κ2) is 8.00. The molecule has 2 heterocycles. The molecule has 2 aliphatic rings. The van der Waals surface area contributed by atoms with Crippen molar-refractivity contribution < 1.29 is 14.3 Å². The zero-order valence-corrected chi connectivity index (χ0v) is 16.3. The van der Waals surface area contributed by atoms with Crippen LogP contribution >= 0.6 is 11.8 Å². The Kier molecular flexibility index (Phi) is 5.92. The summed E-state index contributed by atoms with van der Waals surface area (Å²) in [6, 6.07) is 1.54. The Balaban J connectivity index is 1.63. The third-order valence-corrected chi connectivity index (χ3v) is 6.34. The molecular weight excluding hydrogens is 354 g/mol. The number of aromatic nitrogens is 2. The lowest BCUT2D eigenvalue weighted by Gasteiger charge is -2.37. The van der Waals surface area contributed by atoms with Crippen molar-refractivity contribution in [2.24, 2.45) is 17.8 Å². The van der Waals surface area contributed by atoms with Crippen molar-refractivity contribution in [3.8, 4) is 0 Å². The number of carbonyl (C=O) groups is 1. The molecule has 3 rings (SSSR count). The van der Waals surface area contributed by atoms with Crippen LogP contribution in [0.5, 0.6) is 0 Å². The number of nitrogens with zero attached hydrogens (tertiary/aromatic N) is 2. The lowest BCUT2D eigenvalue weighted by Crippen LogP contribution is -2.38. The van der Waals surface area contributed by atoms with Gasteiger partial charge in [-0.25, -0.2) is 9.59 Å². The van der Waals surface area contributed by atoms with Crippen molar-refractivity contribution in [3.05, 3.63) is 22.7 Å². The normalized spacial score (nSPS) is 31.9. The summed E-state index contributed by atoms with van der Waals surface area (Å²) in [5.41, 5.74) is 4.32. The van der Waals surface area contributed by atoms with Crippen LogP contribution in [0, 0.1) is 17.8 Å². The van der Waals surface area contributed by atoms with Crippen molar-refractivity contribution in [2.45, 2.75) is 57.8 Å². The number of esters is 1. The summed E-state index contributed by atoms with van der Waals surface area (Å²) in [7, 11) is 0. The quantitative estimate of drug-likeness (QED) is 0.800. The number of ether oxygens (including phenoxy) is 2. The molecule has 2 N–H and O–H groups in total. The van der Waals surface area contributed by atoms with Crippen molar-refractivity contribution in [1.82, 2.24) is 9.55 Å². The van der Waals surface area contributed by atoms with Gasteiger partial charge in [0.25, 0.3) is 0 Å². The van der Waals surface area contributed by atoms with Crippen LogP contribution in [0.4, 0.5) is 5.82 Å². The molecule has 0 bridgehead atoms. The molecule has 8 heteroatoms. The summed E-state index contributed by atoms with van der Waals surface area (Å²) in [6.45, 7) is 6.56. The van der Waals surface area contributed by atoms with E-state index >= 15 is 0 Å². The van der Waals surface area contributed by atoms with Gasteiger partial charge < -0.3 is 15.2 Å². The maximum absolute atomic E-state index is 12.6. The van der Waals surface area contributed by atoms with E-state index in [2.05, 4.69) is 25.8 Å².